The second kappa shape index (κ2) is 12.9. The Labute approximate surface area is 228 Å². The van der Waals surface area contributed by atoms with Gasteiger partial charge in [-0.15, -0.1) is 0 Å². The predicted octanol–water partition coefficient (Wildman–Crippen LogP) is 3.17. The van der Waals surface area contributed by atoms with Gasteiger partial charge >= 0.3 is 0 Å². The molecule has 0 aliphatic carbocycles. The summed E-state index contributed by atoms with van der Waals surface area (Å²) in [5.74, 6) is 0.934. The number of aliphatic hydroxyl groups excluding tert-OH is 1. The highest BCUT2D eigenvalue weighted by molar-refractivity contribution is 5.80. The molecule has 1 aliphatic rings. The first-order valence-electron chi connectivity index (χ1n) is 13.6. The molecule has 39 heavy (non-hydrogen) atoms. The fraction of sp³-hybridized carbons (Fsp3) is 0.414. The third kappa shape index (κ3) is 6.83. The largest absolute Gasteiger partial charge is 0.506 e. The van der Waals surface area contributed by atoms with Crippen molar-refractivity contribution in [2.45, 2.75) is 32.9 Å². The van der Waals surface area contributed by atoms with E-state index in [-0.39, 0.29) is 12.4 Å². The number of nitrogens with one attached hydrogen (secondary N) is 2. The Morgan fingerprint density at radius 1 is 1.03 bits per heavy atom. The van der Waals surface area contributed by atoms with Gasteiger partial charge in [0.1, 0.15) is 11.4 Å². The number of aromatic nitrogens is 4. The van der Waals surface area contributed by atoms with Crippen LogP contribution in [0.5, 0.6) is 5.75 Å². The molecule has 1 saturated heterocycles. The van der Waals surface area contributed by atoms with E-state index in [1.165, 1.54) is 0 Å². The van der Waals surface area contributed by atoms with E-state index in [1.54, 1.807) is 12.3 Å². The maximum absolute atomic E-state index is 10.5. The van der Waals surface area contributed by atoms with Gasteiger partial charge in [-0.05, 0) is 61.9 Å². The first kappa shape index (κ1) is 26.9. The van der Waals surface area contributed by atoms with Crippen LogP contribution in [0.1, 0.15) is 29.1 Å². The van der Waals surface area contributed by atoms with Gasteiger partial charge in [0, 0.05) is 51.1 Å². The van der Waals surface area contributed by atoms with Crippen LogP contribution in [0, 0.1) is 6.92 Å². The minimum atomic E-state index is 0.0545. The summed E-state index contributed by atoms with van der Waals surface area (Å²) in [5, 5.41) is 26.9. The number of aromatic hydroxyl groups is 1. The molecule has 0 atom stereocenters. The third-order valence-corrected chi connectivity index (χ3v) is 6.97. The second-order valence-electron chi connectivity index (χ2n) is 9.82. The molecule has 5 rings (SSSR count). The highest BCUT2D eigenvalue weighted by Crippen LogP contribution is 2.26. The molecule has 0 amide bonds. The maximum atomic E-state index is 10.5. The molecular weight excluding hydrogens is 494 g/mol. The van der Waals surface area contributed by atoms with E-state index in [9.17, 15) is 10.2 Å². The molecular formula is C29H37N7O3. The summed E-state index contributed by atoms with van der Waals surface area (Å²) in [7, 11) is 0. The molecule has 3 aromatic heterocycles. The second-order valence-corrected chi connectivity index (χ2v) is 9.82. The summed E-state index contributed by atoms with van der Waals surface area (Å²) in [4.78, 5) is 16.3. The number of nitrogens with zero attached hydrogens (tertiary/aromatic N) is 5. The minimum Gasteiger partial charge on any atom is -0.506 e. The van der Waals surface area contributed by atoms with Crippen molar-refractivity contribution in [3.63, 3.8) is 0 Å². The van der Waals surface area contributed by atoms with Crippen molar-refractivity contribution in [2.24, 2.45) is 0 Å². The van der Waals surface area contributed by atoms with Crippen LogP contribution in [0.25, 0.3) is 11.0 Å². The Hall–Kier alpha value is -3.73. The molecule has 1 aromatic carbocycles. The SMILES string of the molecule is Cc1ccc(O)c(Cn2c(NCCCN3CCOCC3)nc3ccc(CNc4cccnc4CCO)cc32)n1. The summed E-state index contributed by atoms with van der Waals surface area (Å²) >= 11 is 0. The van der Waals surface area contributed by atoms with E-state index in [2.05, 4.69) is 42.2 Å². The lowest BCUT2D eigenvalue weighted by Gasteiger charge is -2.26. The minimum absolute atomic E-state index is 0.0545. The first-order valence-corrected chi connectivity index (χ1v) is 13.6. The molecule has 1 aliphatic heterocycles. The lowest BCUT2D eigenvalue weighted by molar-refractivity contribution is 0.0378. The van der Waals surface area contributed by atoms with Crippen LogP contribution in [0.4, 0.5) is 11.6 Å². The number of benzene rings is 1. The summed E-state index contributed by atoms with van der Waals surface area (Å²) in [6, 6.07) is 13.6. The average molecular weight is 532 g/mol. The van der Waals surface area contributed by atoms with E-state index >= 15 is 0 Å². The number of aryl methyl sites for hydroxylation is 1. The van der Waals surface area contributed by atoms with Crippen molar-refractivity contribution >= 4 is 22.7 Å². The van der Waals surface area contributed by atoms with Crippen LogP contribution in [0.3, 0.4) is 0 Å². The highest BCUT2D eigenvalue weighted by Gasteiger charge is 2.16. The van der Waals surface area contributed by atoms with Crippen LogP contribution in [-0.4, -0.2) is 80.6 Å². The van der Waals surface area contributed by atoms with E-state index in [0.717, 1.165) is 85.4 Å². The quantitative estimate of drug-likeness (QED) is 0.204. The number of rotatable bonds is 12. The number of morpholine rings is 1. The van der Waals surface area contributed by atoms with Gasteiger partial charge in [-0.25, -0.2) is 4.98 Å². The highest BCUT2D eigenvalue weighted by atomic mass is 16.5. The molecule has 1 fully saturated rings. The Balaban J connectivity index is 1.37. The number of anilines is 2. The molecule has 0 bridgehead atoms. The average Bonchev–Trinajstić information content (AvgIpc) is 3.29. The standard InChI is InChI=1S/C29H37N7O3/c1-21-5-8-28(38)26(33-21)20-36-27-18-22(19-32-23-4-2-10-30-24(23)9-15-37)6-7-25(27)34-29(36)31-11-3-12-35-13-16-39-17-14-35/h2,4-8,10,18,32,37-38H,3,9,11-17,19-20H2,1H3,(H,31,34). The molecule has 206 valence electrons. The number of hydrogen-bond acceptors (Lipinski definition) is 9. The number of fused-ring (bicyclic) bond motifs is 1. The van der Waals surface area contributed by atoms with Crippen molar-refractivity contribution in [3.05, 3.63) is 71.3 Å². The van der Waals surface area contributed by atoms with Gasteiger partial charge in [-0.3, -0.25) is 14.9 Å². The van der Waals surface area contributed by atoms with Crippen molar-refractivity contribution in [2.75, 3.05) is 56.6 Å². The molecule has 4 heterocycles. The molecule has 10 heteroatoms. The van der Waals surface area contributed by atoms with Gasteiger partial charge in [0.15, 0.2) is 0 Å². The summed E-state index contributed by atoms with van der Waals surface area (Å²) < 4.78 is 7.55. The predicted molar refractivity (Wildman–Crippen MR) is 152 cm³/mol. The van der Waals surface area contributed by atoms with Crippen molar-refractivity contribution in [1.82, 2.24) is 24.4 Å². The van der Waals surface area contributed by atoms with Gasteiger partial charge < -0.3 is 30.2 Å². The zero-order chi connectivity index (χ0) is 27.0. The summed E-state index contributed by atoms with van der Waals surface area (Å²) in [6.45, 7) is 8.34. The zero-order valence-corrected chi connectivity index (χ0v) is 22.4. The maximum Gasteiger partial charge on any atom is 0.204 e. The summed E-state index contributed by atoms with van der Waals surface area (Å²) in [5.41, 5.74) is 6.15. The van der Waals surface area contributed by atoms with Crippen molar-refractivity contribution in [3.8, 4) is 5.75 Å². The fourth-order valence-electron chi connectivity index (χ4n) is 4.87. The number of ether oxygens (including phenoxy) is 1. The van der Waals surface area contributed by atoms with Crippen molar-refractivity contribution < 1.29 is 14.9 Å². The Morgan fingerprint density at radius 2 is 1.90 bits per heavy atom. The molecule has 0 saturated carbocycles. The Kier molecular flexibility index (Phi) is 8.87. The molecule has 10 nitrogen and oxygen atoms in total. The lowest BCUT2D eigenvalue weighted by atomic mass is 10.1. The van der Waals surface area contributed by atoms with Gasteiger partial charge in [0.25, 0.3) is 0 Å². The number of imidazole rings is 1. The zero-order valence-electron chi connectivity index (χ0n) is 22.4. The van der Waals surface area contributed by atoms with Crippen LogP contribution >= 0.6 is 0 Å². The first-order chi connectivity index (χ1) is 19.1. The van der Waals surface area contributed by atoms with Crippen molar-refractivity contribution in [1.29, 1.82) is 0 Å². The Morgan fingerprint density at radius 3 is 2.74 bits per heavy atom. The Bertz CT molecular complexity index is 1380. The molecule has 4 N–H and O–H groups in total. The molecule has 0 unspecified atom stereocenters. The number of aliphatic hydroxyl groups is 1. The molecule has 0 spiro atoms. The van der Waals surface area contributed by atoms with E-state index in [1.807, 2.05) is 31.2 Å². The number of pyridine rings is 2. The van der Waals surface area contributed by atoms with Crippen LogP contribution in [0.2, 0.25) is 0 Å². The van der Waals surface area contributed by atoms with E-state index < -0.39 is 0 Å². The summed E-state index contributed by atoms with van der Waals surface area (Å²) in [6.07, 6.45) is 3.24. The van der Waals surface area contributed by atoms with Crippen LogP contribution in [0.15, 0.2) is 48.7 Å². The monoisotopic (exact) mass is 531 g/mol. The topological polar surface area (TPSA) is 121 Å². The van der Waals surface area contributed by atoms with E-state index in [4.69, 9.17) is 9.72 Å². The van der Waals surface area contributed by atoms with Gasteiger partial charge in [-0.2, -0.15) is 0 Å². The van der Waals surface area contributed by atoms with Crippen LogP contribution in [-0.2, 0) is 24.2 Å². The molecule has 0 radical (unpaired) electrons. The van der Waals surface area contributed by atoms with Gasteiger partial charge in [0.2, 0.25) is 5.95 Å². The van der Waals surface area contributed by atoms with E-state index in [0.29, 0.717) is 25.2 Å². The third-order valence-electron chi connectivity index (χ3n) is 6.97. The normalized spacial score (nSPS) is 14.1. The molecule has 4 aromatic rings. The lowest BCUT2D eigenvalue weighted by Crippen LogP contribution is -2.37. The number of hydrogen-bond donors (Lipinski definition) is 4. The smallest absolute Gasteiger partial charge is 0.204 e. The fourth-order valence-corrected chi connectivity index (χ4v) is 4.87. The van der Waals surface area contributed by atoms with Crippen LogP contribution < -0.4 is 10.6 Å². The van der Waals surface area contributed by atoms with Gasteiger partial charge in [-0.1, -0.05) is 6.07 Å². The van der Waals surface area contributed by atoms with Gasteiger partial charge in [0.05, 0.1) is 42.2 Å².